The first-order valence-electron chi connectivity index (χ1n) is 4.54. The highest BCUT2D eigenvalue weighted by atomic mass is 19.3. The zero-order valence-electron chi connectivity index (χ0n) is 9.07. The second-order valence-electron chi connectivity index (χ2n) is 3.28. The third-order valence-corrected chi connectivity index (χ3v) is 2.16. The van der Waals surface area contributed by atoms with Gasteiger partial charge in [0.2, 0.25) is 0 Å². The number of ether oxygens (including phenoxy) is 1. The van der Waals surface area contributed by atoms with Crippen molar-refractivity contribution in [3.63, 3.8) is 0 Å². The number of aryl methyl sites for hydroxylation is 1. The van der Waals surface area contributed by atoms with Crippen LogP contribution in [0.1, 0.15) is 27.9 Å². The van der Waals surface area contributed by atoms with Gasteiger partial charge in [0.1, 0.15) is 5.56 Å². The van der Waals surface area contributed by atoms with E-state index in [1.54, 1.807) is 0 Å². The third-order valence-electron chi connectivity index (χ3n) is 2.16. The SMILES string of the molecule is COC(=O)c1cc(C(F)F)cc(C)c1[N+](=O)[O-]. The molecule has 5 nitrogen and oxygen atoms in total. The van der Waals surface area contributed by atoms with Gasteiger partial charge in [-0.05, 0) is 19.1 Å². The van der Waals surface area contributed by atoms with E-state index in [1.165, 1.54) is 6.92 Å². The fourth-order valence-electron chi connectivity index (χ4n) is 1.44. The summed E-state index contributed by atoms with van der Waals surface area (Å²) in [5, 5.41) is 10.8. The normalized spacial score (nSPS) is 10.4. The van der Waals surface area contributed by atoms with Crippen LogP contribution >= 0.6 is 0 Å². The molecule has 0 unspecified atom stereocenters. The van der Waals surface area contributed by atoms with Crippen molar-refractivity contribution >= 4 is 11.7 Å². The summed E-state index contributed by atoms with van der Waals surface area (Å²) in [7, 11) is 1.02. The molecule has 0 atom stereocenters. The van der Waals surface area contributed by atoms with Crippen molar-refractivity contribution in [1.82, 2.24) is 0 Å². The van der Waals surface area contributed by atoms with Crippen LogP contribution in [0.5, 0.6) is 0 Å². The summed E-state index contributed by atoms with van der Waals surface area (Å²) in [5.41, 5.74) is -1.43. The molecule has 0 saturated heterocycles. The summed E-state index contributed by atoms with van der Waals surface area (Å²) < 4.78 is 29.3. The van der Waals surface area contributed by atoms with E-state index >= 15 is 0 Å². The first kappa shape index (κ1) is 13.0. The molecule has 0 aliphatic carbocycles. The van der Waals surface area contributed by atoms with Crippen molar-refractivity contribution in [1.29, 1.82) is 0 Å². The van der Waals surface area contributed by atoms with Gasteiger partial charge in [-0.1, -0.05) is 0 Å². The van der Waals surface area contributed by atoms with Gasteiger partial charge in [0, 0.05) is 11.1 Å². The number of rotatable bonds is 3. The number of hydrogen-bond donors (Lipinski definition) is 0. The van der Waals surface area contributed by atoms with Gasteiger partial charge in [0.25, 0.3) is 12.1 Å². The van der Waals surface area contributed by atoms with Gasteiger partial charge in [-0.25, -0.2) is 13.6 Å². The van der Waals surface area contributed by atoms with E-state index < -0.39 is 34.1 Å². The zero-order valence-corrected chi connectivity index (χ0v) is 9.07. The van der Waals surface area contributed by atoms with Crippen molar-refractivity contribution in [2.45, 2.75) is 13.3 Å². The molecule has 0 N–H and O–H groups in total. The molecule has 0 aliphatic rings. The lowest BCUT2D eigenvalue weighted by Gasteiger charge is -2.07. The molecule has 0 heterocycles. The van der Waals surface area contributed by atoms with Crippen LogP contribution in [0.25, 0.3) is 0 Å². The molecule has 92 valence electrons. The highest BCUT2D eigenvalue weighted by Crippen LogP contribution is 2.30. The summed E-state index contributed by atoms with van der Waals surface area (Å²) in [6.07, 6.45) is -2.81. The number of methoxy groups -OCH3 is 1. The van der Waals surface area contributed by atoms with Crippen molar-refractivity contribution < 1.29 is 23.2 Å². The summed E-state index contributed by atoms with van der Waals surface area (Å²) in [6.45, 7) is 1.29. The average Bonchev–Trinajstić information content (AvgIpc) is 2.26. The quantitative estimate of drug-likeness (QED) is 0.466. The third kappa shape index (κ3) is 2.55. The maximum Gasteiger partial charge on any atom is 0.344 e. The minimum atomic E-state index is -2.81. The van der Waals surface area contributed by atoms with Crippen LogP contribution in [0, 0.1) is 17.0 Å². The predicted octanol–water partition coefficient (Wildman–Crippen LogP) is 2.63. The Morgan fingerprint density at radius 2 is 2.06 bits per heavy atom. The first-order valence-corrected chi connectivity index (χ1v) is 4.54. The van der Waals surface area contributed by atoms with Gasteiger partial charge >= 0.3 is 5.97 Å². The number of hydrogen-bond acceptors (Lipinski definition) is 4. The van der Waals surface area contributed by atoms with Crippen molar-refractivity contribution in [2.75, 3.05) is 7.11 Å². The molecule has 0 amide bonds. The number of halogens is 2. The first-order chi connectivity index (χ1) is 7.88. The van der Waals surface area contributed by atoms with E-state index in [0.29, 0.717) is 0 Å². The second kappa shape index (κ2) is 4.86. The largest absolute Gasteiger partial charge is 0.465 e. The molecule has 0 aromatic heterocycles. The molecule has 0 radical (unpaired) electrons. The Bertz CT molecular complexity index is 474. The Hall–Kier alpha value is -2.05. The monoisotopic (exact) mass is 245 g/mol. The van der Waals surface area contributed by atoms with Crippen molar-refractivity contribution in [3.8, 4) is 0 Å². The van der Waals surface area contributed by atoms with Gasteiger partial charge in [-0.15, -0.1) is 0 Å². The lowest BCUT2D eigenvalue weighted by molar-refractivity contribution is -0.385. The Labute approximate surface area is 95.2 Å². The standard InChI is InChI=1S/C10H9F2NO4/c1-5-3-6(9(11)12)4-7(10(14)17-2)8(5)13(15)16/h3-4,9H,1-2H3. The van der Waals surface area contributed by atoms with Crippen molar-refractivity contribution in [2.24, 2.45) is 0 Å². The fraction of sp³-hybridized carbons (Fsp3) is 0.300. The molecule has 0 spiro atoms. The summed E-state index contributed by atoms with van der Waals surface area (Å²) in [5.74, 6) is -1.01. The Balaban J connectivity index is 3.50. The van der Waals surface area contributed by atoms with Crippen LogP contribution in [0.15, 0.2) is 12.1 Å². The summed E-state index contributed by atoms with van der Waals surface area (Å²) in [4.78, 5) is 21.3. The molecular formula is C10H9F2NO4. The lowest BCUT2D eigenvalue weighted by atomic mass is 10.0. The van der Waals surface area contributed by atoms with Gasteiger partial charge in [-0.2, -0.15) is 0 Å². The maximum absolute atomic E-state index is 12.5. The number of nitro benzene ring substituents is 1. The Morgan fingerprint density at radius 3 is 2.47 bits per heavy atom. The number of carbonyl (C=O) groups is 1. The predicted molar refractivity (Wildman–Crippen MR) is 54.1 cm³/mol. The number of esters is 1. The van der Waals surface area contributed by atoms with E-state index in [0.717, 1.165) is 19.2 Å². The summed E-state index contributed by atoms with van der Waals surface area (Å²) in [6, 6.07) is 1.76. The van der Waals surface area contributed by atoms with E-state index in [9.17, 15) is 23.7 Å². The molecule has 7 heteroatoms. The van der Waals surface area contributed by atoms with Crippen LogP contribution in [0.2, 0.25) is 0 Å². The molecule has 1 rings (SSSR count). The smallest absolute Gasteiger partial charge is 0.344 e. The maximum atomic E-state index is 12.5. The van der Waals surface area contributed by atoms with Gasteiger partial charge in [-0.3, -0.25) is 10.1 Å². The van der Waals surface area contributed by atoms with Gasteiger partial charge in [0.05, 0.1) is 12.0 Å². The number of nitrogens with zero attached hydrogens (tertiary/aromatic N) is 1. The fourth-order valence-corrected chi connectivity index (χ4v) is 1.44. The van der Waals surface area contributed by atoms with Crippen LogP contribution in [0.4, 0.5) is 14.5 Å². The summed E-state index contributed by atoms with van der Waals surface area (Å²) >= 11 is 0. The average molecular weight is 245 g/mol. The van der Waals surface area contributed by atoms with Crippen LogP contribution in [-0.4, -0.2) is 18.0 Å². The van der Waals surface area contributed by atoms with Crippen LogP contribution in [-0.2, 0) is 4.74 Å². The Morgan fingerprint density at radius 1 is 1.47 bits per heavy atom. The van der Waals surface area contributed by atoms with Crippen LogP contribution < -0.4 is 0 Å². The molecule has 0 bridgehead atoms. The van der Waals surface area contributed by atoms with Gasteiger partial charge < -0.3 is 4.74 Å². The molecule has 0 aliphatic heterocycles. The molecule has 0 saturated carbocycles. The highest BCUT2D eigenvalue weighted by molar-refractivity contribution is 5.94. The number of alkyl halides is 2. The number of carbonyl (C=O) groups excluding carboxylic acids is 1. The number of nitro groups is 1. The lowest BCUT2D eigenvalue weighted by Crippen LogP contribution is -2.08. The van der Waals surface area contributed by atoms with E-state index in [2.05, 4.69) is 4.74 Å². The molecular weight excluding hydrogens is 236 g/mol. The molecule has 0 fully saturated rings. The van der Waals surface area contributed by atoms with Crippen LogP contribution in [0.3, 0.4) is 0 Å². The minimum absolute atomic E-state index is 0.00630. The zero-order chi connectivity index (χ0) is 13.2. The molecule has 1 aromatic carbocycles. The topological polar surface area (TPSA) is 69.4 Å². The van der Waals surface area contributed by atoms with Crippen molar-refractivity contribution in [3.05, 3.63) is 38.9 Å². The molecule has 17 heavy (non-hydrogen) atoms. The van der Waals surface area contributed by atoms with E-state index in [1.807, 2.05) is 0 Å². The minimum Gasteiger partial charge on any atom is -0.465 e. The molecule has 1 aromatic rings. The highest BCUT2D eigenvalue weighted by Gasteiger charge is 2.26. The second-order valence-corrected chi connectivity index (χ2v) is 3.28. The number of benzene rings is 1. The van der Waals surface area contributed by atoms with E-state index in [4.69, 9.17) is 0 Å². The van der Waals surface area contributed by atoms with Gasteiger partial charge in [0.15, 0.2) is 0 Å². The Kier molecular flexibility index (Phi) is 3.72. The van der Waals surface area contributed by atoms with E-state index in [-0.39, 0.29) is 5.56 Å².